The average molecular weight is 447 g/mol. The van der Waals surface area contributed by atoms with E-state index >= 15 is 0 Å². The molecule has 0 aliphatic carbocycles. The molecule has 33 heavy (non-hydrogen) atoms. The molecule has 0 radical (unpaired) electrons. The van der Waals surface area contributed by atoms with Crippen molar-refractivity contribution in [3.8, 4) is 5.75 Å². The van der Waals surface area contributed by atoms with Crippen LogP contribution >= 0.6 is 0 Å². The highest BCUT2D eigenvalue weighted by atomic mass is 16.5. The van der Waals surface area contributed by atoms with Crippen LogP contribution in [0.1, 0.15) is 56.0 Å². The number of aryl methyl sites for hydroxylation is 1. The number of ether oxygens (including phenoxy) is 1. The summed E-state index contributed by atoms with van der Waals surface area (Å²) in [5, 5.41) is 12.3. The fourth-order valence-corrected chi connectivity index (χ4v) is 4.50. The number of hydrogen-bond acceptors (Lipinski definition) is 4. The SMILES string of the molecule is CCCCN1C(=O)C(=O)/C(=C(/O)c2cccc(OCCC)c2)C1c1c(C)[nH]c2ccccc12. The highest BCUT2D eigenvalue weighted by Crippen LogP contribution is 2.43. The Kier molecular flexibility index (Phi) is 6.54. The van der Waals surface area contributed by atoms with Crippen LogP contribution in [-0.2, 0) is 9.59 Å². The first kappa shape index (κ1) is 22.6. The largest absolute Gasteiger partial charge is 0.507 e. The summed E-state index contributed by atoms with van der Waals surface area (Å²) >= 11 is 0. The maximum absolute atomic E-state index is 13.3. The van der Waals surface area contributed by atoms with Gasteiger partial charge in [-0.15, -0.1) is 0 Å². The van der Waals surface area contributed by atoms with E-state index in [2.05, 4.69) is 4.98 Å². The molecule has 172 valence electrons. The van der Waals surface area contributed by atoms with E-state index in [1.54, 1.807) is 23.1 Å². The van der Waals surface area contributed by atoms with Crippen molar-refractivity contribution in [2.75, 3.05) is 13.2 Å². The van der Waals surface area contributed by atoms with Crippen LogP contribution in [0.15, 0.2) is 54.1 Å². The van der Waals surface area contributed by atoms with Crippen LogP contribution in [0, 0.1) is 6.92 Å². The number of aliphatic hydroxyl groups is 1. The van der Waals surface area contributed by atoms with Gasteiger partial charge < -0.3 is 19.7 Å². The number of para-hydroxylation sites is 1. The number of carbonyl (C=O) groups excluding carboxylic acids is 2. The number of nitrogens with zero attached hydrogens (tertiary/aromatic N) is 1. The lowest BCUT2D eigenvalue weighted by atomic mass is 9.93. The lowest BCUT2D eigenvalue weighted by molar-refractivity contribution is -0.139. The molecule has 2 N–H and O–H groups in total. The predicted molar refractivity (Wildman–Crippen MR) is 129 cm³/mol. The summed E-state index contributed by atoms with van der Waals surface area (Å²) in [5.41, 5.74) is 3.23. The molecule has 3 aromatic rings. The molecule has 1 aliphatic rings. The molecule has 0 saturated carbocycles. The smallest absolute Gasteiger partial charge is 0.295 e. The number of amides is 1. The molecule has 1 aromatic heterocycles. The zero-order chi connectivity index (χ0) is 23.5. The van der Waals surface area contributed by atoms with Crippen molar-refractivity contribution < 1.29 is 19.4 Å². The molecule has 1 aliphatic heterocycles. The summed E-state index contributed by atoms with van der Waals surface area (Å²) in [6.07, 6.45) is 2.52. The summed E-state index contributed by atoms with van der Waals surface area (Å²) in [7, 11) is 0. The number of unbranched alkanes of at least 4 members (excludes halogenated alkanes) is 1. The number of ketones is 1. The van der Waals surface area contributed by atoms with Gasteiger partial charge in [-0.25, -0.2) is 0 Å². The summed E-state index contributed by atoms with van der Waals surface area (Å²) in [5.74, 6) is -0.791. The summed E-state index contributed by atoms with van der Waals surface area (Å²) < 4.78 is 5.71. The van der Waals surface area contributed by atoms with E-state index in [9.17, 15) is 14.7 Å². The number of aromatic amines is 1. The normalized spacial score (nSPS) is 17.8. The second kappa shape index (κ2) is 9.53. The number of likely N-dealkylation sites (tertiary alicyclic amines) is 1. The van der Waals surface area contributed by atoms with Gasteiger partial charge in [0.25, 0.3) is 11.7 Å². The fraction of sp³-hybridized carbons (Fsp3) is 0.333. The van der Waals surface area contributed by atoms with Gasteiger partial charge in [-0.2, -0.15) is 0 Å². The Morgan fingerprint density at radius 3 is 2.64 bits per heavy atom. The van der Waals surface area contributed by atoms with Crippen molar-refractivity contribution in [2.24, 2.45) is 0 Å². The first-order valence-corrected chi connectivity index (χ1v) is 11.6. The number of carbonyl (C=O) groups is 2. The van der Waals surface area contributed by atoms with Crippen LogP contribution in [0.4, 0.5) is 0 Å². The van der Waals surface area contributed by atoms with Crippen molar-refractivity contribution in [1.82, 2.24) is 9.88 Å². The Balaban J connectivity index is 1.90. The Bertz CT molecular complexity index is 1220. The molecule has 2 aromatic carbocycles. The molecule has 1 saturated heterocycles. The number of H-pyrrole nitrogens is 1. The second-order valence-corrected chi connectivity index (χ2v) is 8.43. The first-order chi connectivity index (χ1) is 16.0. The zero-order valence-electron chi connectivity index (χ0n) is 19.4. The van der Waals surface area contributed by atoms with Gasteiger partial charge >= 0.3 is 0 Å². The Labute approximate surface area is 193 Å². The van der Waals surface area contributed by atoms with Crippen molar-refractivity contribution in [1.29, 1.82) is 0 Å². The molecule has 1 amide bonds. The van der Waals surface area contributed by atoms with Crippen molar-refractivity contribution >= 4 is 28.4 Å². The molecule has 1 unspecified atom stereocenters. The third-order valence-corrected chi connectivity index (χ3v) is 6.09. The monoisotopic (exact) mass is 446 g/mol. The minimum Gasteiger partial charge on any atom is -0.507 e. The lowest BCUT2D eigenvalue weighted by Gasteiger charge is -2.25. The fourth-order valence-electron chi connectivity index (χ4n) is 4.50. The van der Waals surface area contributed by atoms with Gasteiger partial charge in [0.15, 0.2) is 0 Å². The van der Waals surface area contributed by atoms with Crippen LogP contribution in [-0.4, -0.2) is 39.8 Å². The van der Waals surface area contributed by atoms with Gasteiger partial charge in [-0.1, -0.05) is 50.6 Å². The van der Waals surface area contributed by atoms with Gasteiger partial charge in [0.2, 0.25) is 0 Å². The molecule has 1 atom stereocenters. The molecule has 2 heterocycles. The van der Waals surface area contributed by atoms with E-state index in [4.69, 9.17) is 4.74 Å². The molecular weight excluding hydrogens is 416 g/mol. The Hall–Kier alpha value is -3.54. The molecule has 0 bridgehead atoms. The number of rotatable bonds is 8. The van der Waals surface area contributed by atoms with Crippen LogP contribution in [0.5, 0.6) is 5.75 Å². The number of nitrogens with one attached hydrogen (secondary N) is 1. The number of benzene rings is 2. The molecule has 0 spiro atoms. The van der Waals surface area contributed by atoms with Gasteiger partial charge in [-0.3, -0.25) is 9.59 Å². The van der Waals surface area contributed by atoms with E-state index in [-0.39, 0.29) is 11.3 Å². The predicted octanol–water partition coefficient (Wildman–Crippen LogP) is 5.49. The Morgan fingerprint density at radius 2 is 1.88 bits per heavy atom. The summed E-state index contributed by atoms with van der Waals surface area (Å²) in [4.78, 5) is 31.3. The van der Waals surface area contributed by atoms with E-state index in [0.717, 1.165) is 41.4 Å². The van der Waals surface area contributed by atoms with E-state index < -0.39 is 17.7 Å². The van der Waals surface area contributed by atoms with Crippen LogP contribution < -0.4 is 4.74 Å². The quantitative estimate of drug-likeness (QED) is 0.272. The van der Waals surface area contributed by atoms with Crippen LogP contribution in [0.2, 0.25) is 0 Å². The highest BCUT2D eigenvalue weighted by molar-refractivity contribution is 6.46. The topological polar surface area (TPSA) is 82.6 Å². The van der Waals surface area contributed by atoms with Crippen molar-refractivity contribution in [3.05, 3.63) is 70.9 Å². The minimum absolute atomic E-state index is 0.122. The third kappa shape index (κ3) is 4.13. The summed E-state index contributed by atoms with van der Waals surface area (Å²) in [6.45, 7) is 7.01. The average Bonchev–Trinajstić information content (AvgIpc) is 3.28. The minimum atomic E-state index is -0.659. The van der Waals surface area contributed by atoms with Gasteiger partial charge in [0.05, 0.1) is 18.2 Å². The van der Waals surface area contributed by atoms with Gasteiger partial charge in [-0.05, 0) is 38.0 Å². The molecule has 6 heteroatoms. The van der Waals surface area contributed by atoms with Crippen LogP contribution in [0.25, 0.3) is 16.7 Å². The number of Topliss-reactive ketones (excluding diaryl/α,β-unsaturated/α-hetero) is 1. The molecular formula is C27H30N2O4. The van der Waals surface area contributed by atoms with E-state index in [0.29, 0.717) is 24.5 Å². The third-order valence-electron chi connectivity index (χ3n) is 6.09. The van der Waals surface area contributed by atoms with Crippen molar-refractivity contribution in [3.63, 3.8) is 0 Å². The highest BCUT2D eigenvalue weighted by Gasteiger charge is 2.47. The molecule has 6 nitrogen and oxygen atoms in total. The number of hydrogen-bond donors (Lipinski definition) is 2. The number of aliphatic hydroxyl groups excluding tert-OH is 1. The summed E-state index contributed by atoms with van der Waals surface area (Å²) in [6, 6.07) is 14.2. The van der Waals surface area contributed by atoms with E-state index in [1.807, 2.05) is 51.1 Å². The van der Waals surface area contributed by atoms with Crippen molar-refractivity contribution in [2.45, 2.75) is 46.1 Å². The standard InChI is InChI=1S/C27H30N2O4/c1-4-6-14-29-24(22-17(3)28-21-13-8-7-12-20(21)22)23(26(31)27(29)32)25(30)18-10-9-11-19(16-18)33-15-5-2/h7-13,16,24,28,30H,4-6,14-15H2,1-3H3/b25-23+. The van der Waals surface area contributed by atoms with Gasteiger partial charge in [0.1, 0.15) is 11.5 Å². The van der Waals surface area contributed by atoms with Crippen LogP contribution in [0.3, 0.4) is 0 Å². The second-order valence-electron chi connectivity index (χ2n) is 8.43. The molecule has 1 fully saturated rings. The maximum Gasteiger partial charge on any atom is 0.295 e. The lowest BCUT2D eigenvalue weighted by Crippen LogP contribution is -2.30. The van der Waals surface area contributed by atoms with Gasteiger partial charge in [0, 0.05) is 34.3 Å². The maximum atomic E-state index is 13.3. The number of aromatic nitrogens is 1. The Morgan fingerprint density at radius 1 is 1.09 bits per heavy atom. The zero-order valence-corrected chi connectivity index (χ0v) is 19.4. The number of fused-ring (bicyclic) bond motifs is 1. The first-order valence-electron chi connectivity index (χ1n) is 11.6. The van der Waals surface area contributed by atoms with E-state index in [1.165, 1.54) is 0 Å². The molecule has 4 rings (SSSR count).